The van der Waals surface area contributed by atoms with Gasteiger partial charge in [0, 0.05) is 18.0 Å². The molecule has 0 fully saturated rings. The van der Waals surface area contributed by atoms with Crippen molar-refractivity contribution in [2.45, 2.75) is 32.5 Å². The zero-order valence-electron chi connectivity index (χ0n) is 15.6. The number of hydrogen-bond acceptors (Lipinski definition) is 5. The van der Waals surface area contributed by atoms with Crippen LogP contribution in [0.2, 0.25) is 0 Å². The first-order valence-electron chi connectivity index (χ1n) is 8.95. The van der Waals surface area contributed by atoms with E-state index in [2.05, 4.69) is 10.1 Å². The zero-order chi connectivity index (χ0) is 21.0. The summed E-state index contributed by atoms with van der Waals surface area (Å²) in [5.41, 5.74) is -0.0133. The smallest absolute Gasteiger partial charge is 0.433 e. The number of carbonyl (C=O) groups excluding carboxylic acids is 2. The molecule has 0 spiro atoms. The normalized spacial score (nSPS) is 11.6. The highest BCUT2D eigenvalue weighted by atomic mass is 19.4. The lowest BCUT2D eigenvalue weighted by atomic mass is 10.0. The molecule has 0 radical (unpaired) electrons. The van der Waals surface area contributed by atoms with Crippen LogP contribution < -0.4 is 0 Å². The van der Waals surface area contributed by atoms with Gasteiger partial charge in [0.2, 0.25) is 0 Å². The third-order valence-electron chi connectivity index (χ3n) is 4.16. The molecular formula is C20H18F3N3O3. The molecule has 29 heavy (non-hydrogen) atoms. The Morgan fingerprint density at radius 1 is 1.17 bits per heavy atom. The number of ketones is 1. The minimum atomic E-state index is -4.60. The van der Waals surface area contributed by atoms with Gasteiger partial charge in [-0.3, -0.25) is 14.3 Å². The second kappa shape index (κ2) is 8.42. The van der Waals surface area contributed by atoms with E-state index in [1.165, 1.54) is 12.1 Å². The molecule has 0 aliphatic heterocycles. The van der Waals surface area contributed by atoms with Crippen LogP contribution in [0.15, 0.2) is 42.6 Å². The first-order chi connectivity index (χ1) is 13.8. The molecule has 2 aromatic heterocycles. The van der Waals surface area contributed by atoms with Gasteiger partial charge in [-0.25, -0.2) is 4.98 Å². The summed E-state index contributed by atoms with van der Waals surface area (Å²) in [6.45, 7) is 2.41. The average Bonchev–Trinajstić information content (AvgIpc) is 3.08. The zero-order valence-corrected chi connectivity index (χ0v) is 15.6. The number of Topliss-reactive ketones (excluding diaryl/α,β-unsaturated/α-hetero) is 1. The van der Waals surface area contributed by atoms with E-state index in [1.54, 1.807) is 36.0 Å². The molecule has 0 aliphatic carbocycles. The Hall–Kier alpha value is -3.23. The van der Waals surface area contributed by atoms with Gasteiger partial charge in [0.1, 0.15) is 11.4 Å². The summed E-state index contributed by atoms with van der Waals surface area (Å²) in [5.74, 6) is -0.822. The standard InChI is InChI=1S/C20H18F3N3O3/c1-2-29-19(28)8-9-26-12-14-10-13(6-7-15(14)25-26)11-17(27)16-4-3-5-18(24-16)20(21,22)23/h3-7,10,12H,2,8-9,11H2,1H3. The number of aromatic nitrogens is 3. The van der Waals surface area contributed by atoms with E-state index in [-0.39, 0.29) is 24.5 Å². The Kier molecular flexibility index (Phi) is 5.95. The molecule has 6 nitrogen and oxygen atoms in total. The SMILES string of the molecule is CCOC(=O)CCn1cc2cc(CC(=O)c3cccc(C(F)(F)F)n3)ccc2n1. The molecule has 0 unspecified atom stereocenters. The molecule has 0 aliphatic rings. The van der Waals surface area contributed by atoms with Gasteiger partial charge in [0.05, 0.1) is 25.1 Å². The molecule has 152 valence electrons. The Morgan fingerprint density at radius 3 is 2.69 bits per heavy atom. The predicted molar refractivity (Wildman–Crippen MR) is 98.3 cm³/mol. The van der Waals surface area contributed by atoms with Gasteiger partial charge in [-0.1, -0.05) is 12.1 Å². The van der Waals surface area contributed by atoms with Crippen LogP contribution in [-0.2, 0) is 28.7 Å². The summed E-state index contributed by atoms with van der Waals surface area (Å²) in [6.07, 6.45) is -2.76. The molecule has 0 saturated heterocycles. The van der Waals surface area contributed by atoms with E-state index in [0.717, 1.165) is 11.5 Å². The molecule has 9 heteroatoms. The average molecular weight is 405 g/mol. The van der Waals surface area contributed by atoms with Gasteiger partial charge in [-0.05, 0) is 36.8 Å². The van der Waals surface area contributed by atoms with Gasteiger partial charge in [-0.2, -0.15) is 18.3 Å². The number of alkyl halides is 3. The lowest BCUT2D eigenvalue weighted by Gasteiger charge is -2.07. The summed E-state index contributed by atoms with van der Waals surface area (Å²) in [4.78, 5) is 27.2. The highest BCUT2D eigenvalue weighted by Crippen LogP contribution is 2.27. The number of carbonyl (C=O) groups is 2. The fourth-order valence-corrected chi connectivity index (χ4v) is 2.81. The quantitative estimate of drug-likeness (QED) is 0.441. The van der Waals surface area contributed by atoms with Crippen molar-refractivity contribution in [1.82, 2.24) is 14.8 Å². The van der Waals surface area contributed by atoms with Crippen LogP contribution >= 0.6 is 0 Å². The van der Waals surface area contributed by atoms with Crippen LogP contribution in [0.25, 0.3) is 10.9 Å². The van der Waals surface area contributed by atoms with Crippen LogP contribution in [0.4, 0.5) is 13.2 Å². The van der Waals surface area contributed by atoms with Crippen molar-refractivity contribution in [1.29, 1.82) is 0 Å². The van der Waals surface area contributed by atoms with Crippen molar-refractivity contribution in [2.24, 2.45) is 0 Å². The maximum atomic E-state index is 12.8. The largest absolute Gasteiger partial charge is 0.466 e. The number of halogens is 3. The molecule has 3 aromatic rings. The van der Waals surface area contributed by atoms with E-state index in [9.17, 15) is 22.8 Å². The predicted octanol–water partition coefficient (Wildman–Crippen LogP) is 3.83. The van der Waals surface area contributed by atoms with Crippen molar-refractivity contribution < 1.29 is 27.5 Å². The van der Waals surface area contributed by atoms with E-state index >= 15 is 0 Å². The summed E-state index contributed by atoms with van der Waals surface area (Å²) in [5, 5.41) is 5.11. The third-order valence-corrected chi connectivity index (χ3v) is 4.16. The maximum Gasteiger partial charge on any atom is 0.433 e. The lowest BCUT2D eigenvalue weighted by Crippen LogP contribution is -2.13. The number of rotatable bonds is 7. The summed E-state index contributed by atoms with van der Waals surface area (Å²) in [7, 11) is 0. The number of pyridine rings is 1. The van der Waals surface area contributed by atoms with Crippen molar-refractivity contribution in [3.8, 4) is 0 Å². The van der Waals surface area contributed by atoms with Crippen molar-refractivity contribution in [3.63, 3.8) is 0 Å². The van der Waals surface area contributed by atoms with Crippen LogP contribution in [0.3, 0.4) is 0 Å². The number of fused-ring (bicyclic) bond motifs is 1. The topological polar surface area (TPSA) is 74.1 Å². The number of aryl methyl sites for hydroxylation is 1. The fourth-order valence-electron chi connectivity index (χ4n) is 2.81. The Morgan fingerprint density at radius 2 is 1.97 bits per heavy atom. The van der Waals surface area contributed by atoms with Crippen LogP contribution in [0.1, 0.15) is 35.1 Å². The van der Waals surface area contributed by atoms with Crippen LogP contribution in [-0.4, -0.2) is 33.1 Å². The molecule has 3 rings (SSSR count). The minimum absolute atomic E-state index is 0.0851. The molecule has 0 amide bonds. The molecule has 0 atom stereocenters. The van der Waals surface area contributed by atoms with Gasteiger partial charge >= 0.3 is 12.1 Å². The highest BCUT2D eigenvalue weighted by Gasteiger charge is 2.32. The van der Waals surface area contributed by atoms with E-state index in [0.29, 0.717) is 24.2 Å². The molecular weight excluding hydrogens is 387 g/mol. The lowest BCUT2D eigenvalue weighted by molar-refractivity contribution is -0.143. The summed E-state index contributed by atoms with van der Waals surface area (Å²) in [6, 6.07) is 8.42. The molecule has 0 N–H and O–H groups in total. The monoisotopic (exact) mass is 405 g/mol. The van der Waals surface area contributed by atoms with Crippen molar-refractivity contribution >= 4 is 22.7 Å². The third kappa shape index (κ3) is 5.18. The maximum absolute atomic E-state index is 12.8. The summed E-state index contributed by atoms with van der Waals surface area (Å²) < 4.78 is 44.8. The molecule has 2 heterocycles. The number of ether oxygens (including phenoxy) is 1. The number of hydrogen-bond donors (Lipinski definition) is 0. The van der Waals surface area contributed by atoms with Crippen molar-refractivity contribution in [3.05, 3.63) is 59.5 Å². The van der Waals surface area contributed by atoms with Gasteiger partial charge in [0.15, 0.2) is 5.78 Å². The van der Waals surface area contributed by atoms with E-state index < -0.39 is 17.7 Å². The van der Waals surface area contributed by atoms with Gasteiger partial charge < -0.3 is 4.74 Å². The van der Waals surface area contributed by atoms with Crippen LogP contribution in [0, 0.1) is 0 Å². The molecule has 0 bridgehead atoms. The van der Waals surface area contributed by atoms with E-state index in [4.69, 9.17) is 4.74 Å². The van der Waals surface area contributed by atoms with Gasteiger partial charge in [0.25, 0.3) is 0 Å². The van der Waals surface area contributed by atoms with E-state index in [1.807, 2.05) is 0 Å². The highest BCUT2D eigenvalue weighted by molar-refractivity contribution is 5.96. The number of benzene rings is 1. The van der Waals surface area contributed by atoms with Gasteiger partial charge in [-0.15, -0.1) is 0 Å². The Bertz CT molecular complexity index is 1040. The Balaban J connectivity index is 1.72. The molecule has 0 saturated carbocycles. The van der Waals surface area contributed by atoms with Crippen molar-refractivity contribution in [2.75, 3.05) is 6.61 Å². The minimum Gasteiger partial charge on any atom is -0.466 e. The summed E-state index contributed by atoms with van der Waals surface area (Å²) >= 11 is 0. The molecule has 1 aromatic carbocycles. The number of nitrogens with zero attached hydrogens (tertiary/aromatic N) is 3. The fraction of sp³-hybridized carbons (Fsp3) is 0.300. The first kappa shape index (κ1) is 20.5. The Labute approximate surface area is 164 Å². The second-order valence-electron chi connectivity index (χ2n) is 6.35. The number of esters is 1. The first-order valence-corrected chi connectivity index (χ1v) is 8.95. The second-order valence-corrected chi connectivity index (χ2v) is 6.35. The van der Waals surface area contributed by atoms with Crippen LogP contribution in [0.5, 0.6) is 0 Å².